The maximum Gasteiger partial charge on any atom is 0.419 e. The van der Waals surface area contributed by atoms with Gasteiger partial charge in [0.1, 0.15) is 0 Å². The molecule has 1 saturated carbocycles. The molecule has 0 saturated heterocycles. The Morgan fingerprint density at radius 3 is 2.53 bits per heavy atom. The van der Waals surface area contributed by atoms with Crippen LogP contribution in [0, 0.1) is 0 Å². The van der Waals surface area contributed by atoms with Crippen molar-refractivity contribution in [3.63, 3.8) is 0 Å². The van der Waals surface area contributed by atoms with Gasteiger partial charge in [-0.25, -0.2) is 0 Å². The van der Waals surface area contributed by atoms with Gasteiger partial charge in [-0.15, -0.1) is 0 Å². The number of alkyl halides is 3. The lowest BCUT2D eigenvalue weighted by molar-refractivity contribution is -0.137. The number of nitrogens with zero attached hydrogens (tertiary/aromatic N) is 1. The maximum absolute atomic E-state index is 12.4. The van der Waals surface area contributed by atoms with Gasteiger partial charge in [0.2, 0.25) is 0 Å². The summed E-state index contributed by atoms with van der Waals surface area (Å²) >= 11 is 5.58. The number of rotatable bonds is 2. The number of ether oxygens (including phenoxy) is 1. The molecule has 1 fully saturated rings. The highest BCUT2D eigenvalue weighted by Crippen LogP contribution is 2.40. The third-order valence-corrected chi connectivity index (χ3v) is 2.36. The van der Waals surface area contributed by atoms with Crippen molar-refractivity contribution in [2.45, 2.75) is 25.1 Å². The fraction of sp³-hybridized carbons (Fsp3) is 0.444. The first kappa shape index (κ1) is 10.5. The van der Waals surface area contributed by atoms with E-state index in [2.05, 4.69) is 4.98 Å². The van der Waals surface area contributed by atoms with Crippen LogP contribution in [0.3, 0.4) is 0 Å². The summed E-state index contributed by atoms with van der Waals surface area (Å²) in [5, 5.41) is -0.413. The smallest absolute Gasteiger partial charge is 0.419 e. The minimum absolute atomic E-state index is 0.00668. The van der Waals surface area contributed by atoms with Crippen molar-refractivity contribution in [1.82, 2.24) is 4.98 Å². The van der Waals surface area contributed by atoms with Crippen LogP contribution in [0.1, 0.15) is 18.4 Å². The standard InChI is InChI=1S/C9H7ClF3NO/c10-8-6(9(11,12)13)3-14-4-7(8)15-5-1-2-5/h3-5H,1-2H2. The minimum atomic E-state index is -4.49. The zero-order valence-corrected chi connectivity index (χ0v) is 8.27. The monoisotopic (exact) mass is 237 g/mol. The SMILES string of the molecule is FC(F)(F)c1cncc(OC2CC2)c1Cl. The quantitative estimate of drug-likeness (QED) is 0.787. The van der Waals surface area contributed by atoms with E-state index in [0.717, 1.165) is 12.8 Å². The molecular weight excluding hydrogens is 231 g/mol. The molecule has 1 heterocycles. The van der Waals surface area contributed by atoms with E-state index < -0.39 is 16.8 Å². The Kier molecular flexibility index (Phi) is 2.50. The molecule has 1 aromatic heterocycles. The van der Waals surface area contributed by atoms with Gasteiger partial charge >= 0.3 is 6.18 Å². The number of hydrogen-bond acceptors (Lipinski definition) is 2. The summed E-state index contributed by atoms with van der Waals surface area (Å²) in [6.45, 7) is 0. The average molecular weight is 238 g/mol. The minimum Gasteiger partial charge on any atom is -0.487 e. The largest absolute Gasteiger partial charge is 0.487 e. The van der Waals surface area contributed by atoms with Gasteiger partial charge in [-0.2, -0.15) is 13.2 Å². The van der Waals surface area contributed by atoms with E-state index in [4.69, 9.17) is 16.3 Å². The van der Waals surface area contributed by atoms with E-state index in [9.17, 15) is 13.2 Å². The average Bonchev–Trinajstić information content (AvgIpc) is 2.90. The highest BCUT2D eigenvalue weighted by Gasteiger charge is 2.35. The van der Waals surface area contributed by atoms with Crippen molar-refractivity contribution >= 4 is 11.6 Å². The van der Waals surface area contributed by atoms with E-state index in [-0.39, 0.29) is 11.9 Å². The van der Waals surface area contributed by atoms with E-state index in [1.807, 2.05) is 0 Å². The Morgan fingerprint density at radius 2 is 2.00 bits per heavy atom. The molecule has 2 nitrogen and oxygen atoms in total. The molecule has 0 atom stereocenters. The van der Waals surface area contributed by atoms with Crippen LogP contribution in [-0.4, -0.2) is 11.1 Å². The Labute approximate surface area is 89.0 Å². The summed E-state index contributed by atoms with van der Waals surface area (Å²) in [7, 11) is 0. The fourth-order valence-electron chi connectivity index (χ4n) is 1.07. The van der Waals surface area contributed by atoms with Gasteiger partial charge in [0.25, 0.3) is 0 Å². The molecule has 1 aliphatic carbocycles. The van der Waals surface area contributed by atoms with Crippen LogP contribution in [0.5, 0.6) is 5.75 Å². The van der Waals surface area contributed by atoms with E-state index in [1.54, 1.807) is 0 Å². The summed E-state index contributed by atoms with van der Waals surface area (Å²) in [4.78, 5) is 3.46. The van der Waals surface area contributed by atoms with Crippen molar-refractivity contribution in [2.24, 2.45) is 0 Å². The van der Waals surface area contributed by atoms with Crippen LogP contribution in [0.25, 0.3) is 0 Å². The van der Waals surface area contributed by atoms with Crippen LogP contribution in [0.2, 0.25) is 5.02 Å². The van der Waals surface area contributed by atoms with Crippen LogP contribution in [0.4, 0.5) is 13.2 Å². The lowest BCUT2D eigenvalue weighted by Crippen LogP contribution is -2.08. The van der Waals surface area contributed by atoms with Gasteiger partial charge in [0, 0.05) is 6.20 Å². The van der Waals surface area contributed by atoms with Crippen molar-refractivity contribution in [3.8, 4) is 5.75 Å². The molecule has 0 bridgehead atoms. The Hall–Kier alpha value is -0.970. The highest BCUT2D eigenvalue weighted by molar-refractivity contribution is 6.32. The summed E-state index contributed by atoms with van der Waals surface area (Å²) in [6.07, 6.45) is -0.891. The second kappa shape index (κ2) is 3.56. The molecule has 2 rings (SSSR count). The maximum atomic E-state index is 12.4. The first-order valence-corrected chi connectivity index (χ1v) is 4.73. The van der Waals surface area contributed by atoms with E-state index >= 15 is 0 Å². The lowest BCUT2D eigenvalue weighted by atomic mass is 10.2. The topological polar surface area (TPSA) is 22.1 Å². The second-order valence-electron chi connectivity index (χ2n) is 3.31. The van der Waals surface area contributed by atoms with E-state index in [0.29, 0.717) is 6.20 Å². The molecule has 1 aromatic rings. The summed E-state index contributed by atoms with van der Waals surface area (Å²) in [5.74, 6) is 0.00833. The van der Waals surface area contributed by atoms with Crippen molar-refractivity contribution < 1.29 is 17.9 Å². The molecule has 0 spiro atoms. The zero-order chi connectivity index (χ0) is 11.1. The zero-order valence-electron chi connectivity index (χ0n) is 7.51. The van der Waals surface area contributed by atoms with Crippen LogP contribution < -0.4 is 4.74 Å². The molecule has 15 heavy (non-hydrogen) atoms. The van der Waals surface area contributed by atoms with Gasteiger partial charge in [-0.1, -0.05) is 11.6 Å². The Balaban J connectivity index is 2.31. The third kappa shape index (κ3) is 2.34. The fourth-order valence-corrected chi connectivity index (χ4v) is 1.32. The van der Waals surface area contributed by atoms with Gasteiger partial charge in [-0.05, 0) is 12.8 Å². The third-order valence-electron chi connectivity index (χ3n) is 1.97. The molecule has 0 radical (unpaired) electrons. The molecule has 0 aliphatic heterocycles. The van der Waals surface area contributed by atoms with E-state index in [1.165, 1.54) is 6.20 Å². The molecule has 1 aliphatic rings. The Bertz CT molecular complexity index is 376. The molecule has 82 valence electrons. The van der Waals surface area contributed by atoms with Crippen LogP contribution in [0.15, 0.2) is 12.4 Å². The number of aromatic nitrogens is 1. The number of hydrogen-bond donors (Lipinski definition) is 0. The summed E-state index contributed by atoms with van der Waals surface area (Å²) in [5.41, 5.74) is -0.956. The summed E-state index contributed by atoms with van der Waals surface area (Å²) < 4.78 is 42.4. The predicted molar refractivity (Wildman–Crippen MR) is 47.9 cm³/mol. The van der Waals surface area contributed by atoms with Crippen molar-refractivity contribution in [2.75, 3.05) is 0 Å². The van der Waals surface area contributed by atoms with Crippen molar-refractivity contribution in [1.29, 1.82) is 0 Å². The molecule has 0 aromatic carbocycles. The van der Waals surface area contributed by atoms with Gasteiger partial charge < -0.3 is 4.74 Å². The van der Waals surface area contributed by atoms with Gasteiger partial charge in [0.15, 0.2) is 5.75 Å². The van der Waals surface area contributed by atoms with Crippen molar-refractivity contribution in [3.05, 3.63) is 23.0 Å². The molecule has 0 N–H and O–H groups in total. The predicted octanol–water partition coefficient (Wildman–Crippen LogP) is 3.30. The summed E-state index contributed by atoms with van der Waals surface area (Å²) in [6, 6.07) is 0. The number of pyridine rings is 1. The van der Waals surface area contributed by atoms with Gasteiger partial charge in [0.05, 0.1) is 22.9 Å². The normalized spacial score (nSPS) is 16.5. The number of halogens is 4. The highest BCUT2D eigenvalue weighted by atomic mass is 35.5. The molecule has 0 amide bonds. The van der Waals surface area contributed by atoms with Crippen LogP contribution >= 0.6 is 11.6 Å². The molecular formula is C9H7ClF3NO. The first-order chi connectivity index (χ1) is 6.98. The lowest BCUT2D eigenvalue weighted by Gasteiger charge is -2.11. The van der Waals surface area contributed by atoms with Crippen LogP contribution in [-0.2, 0) is 6.18 Å². The molecule has 0 unspecified atom stereocenters. The Morgan fingerprint density at radius 1 is 1.33 bits per heavy atom. The first-order valence-electron chi connectivity index (χ1n) is 4.36. The van der Waals surface area contributed by atoms with Gasteiger partial charge in [-0.3, -0.25) is 4.98 Å². The second-order valence-corrected chi connectivity index (χ2v) is 3.69. The molecule has 6 heteroatoms.